The van der Waals surface area contributed by atoms with E-state index in [-0.39, 0.29) is 30.2 Å². The molecule has 7 heteroatoms. The standard InChI is InChI=1S/C15H17FN4O.ClH/c1-10-9-17-6-7-20(10)15(21)14-8-13(18-19-14)11-2-4-12(16)5-3-11;/h2-5,8,10,17H,6-7,9H2,1H3,(H,18,19);1H/t10-;/m0./s1. The first kappa shape index (κ1) is 16.5. The summed E-state index contributed by atoms with van der Waals surface area (Å²) in [6.45, 7) is 4.30. The minimum absolute atomic E-state index is 0. The highest BCUT2D eigenvalue weighted by molar-refractivity contribution is 5.93. The van der Waals surface area contributed by atoms with E-state index < -0.39 is 0 Å². The van der Waals surface area contributed by atoms with Crippen molar-refractivity contribution in [2.45, 2.75) is 13.0 Å². The minimum atomic E-state index is -0.291. The molecule has 1 atom stereocenters. The van der Waals surface area contributed by atoms with E-state index in [1.165, 1.54) is 12.1 Å². The van der Waals surface area contributed by atoms with Gasteiger partial charge in [0.2, 0.25) is 0 Å². The number of hydrogen-bond acceptors (Lipinski definition) is 3. The maximum absolute atomic E-state index is 12.9. The molecule has 1 aliphatic rings. The van der Waals surface area contributed by atoms with Gasteiger partial charge in [0.25, 0.3) is 5.91 Å². The molecule has 1 aliphatic heterocycles. The molecule has 1 saturated heterocycles. The van der Waals surface area contributed by atoms with Crippen molar-refractivity contribution in [3.63, 3.8) is 0 Å². The zero-order valence-electron chi connectivity index (χ0n) is 12.2. The van der Waals surface area contributed by atoms with E-state index in [4.69, 9.17) is 0 Å². The van der Waals surface area contributed by atoms with Gasteiger partial charge in [0.15, 0.2) is 0 Å². The highest BCUT2D eigenvalue weighted by Crippen LogP contribution is 2.19. The maximum atomic E-state index is 12.9. The molecular weight excluding hydrogens is 307 g/mol. The number of piperazine rings is 1. The summed E-state index contributed by atoms with van der Waals surface area (Å²) in [5, 5.41) is 10.2. The van der Waals surface area contributed by atoms with Crippen LogP contribution in [0, 0.1) is 5.82 Å². The molecule has 0 bridgehead atoms. The van der Waals surface area contributed by atoms with Gasteiger partial charge in [0.1, 0.15) is 11.5 Å². The van der Waals surface area contributed by atoms with Crippen molar-refractivity contribution < 1.29 is 9.18 Å². The Kier molecular flexibility index (Phi) is 5.15. The number of aromatic amines is 1. The molecule has 1 aromatic heterocycles. The number of halogens is 2. The van der Waals surface area contributed by atoms with Gasteiger partial charge in [-0.25, -0.2) is 4.39 Å². The molecule has 22 heavy (non-hydrogen) atoms. The maximum Gasteiger partial charge on any atom is 0.272 e. The third-order valence-corrected chi connectivity index (χ3v) is 3.71. The monoisotopic (exact) mass is 324 g/mol. The topological polar surface area (TPSA) is 61.0 Å². The predicted octanol–water partition coefficient (Wildman–Crippen LogP) is 2.07. The Morgan fingerprint density at radius 2 is 2.09 bits per heavy atom. The van der Waals surface area contributed by atoms with Gasteiger partial charge in [0, 0.05) is 31.2 Å². The average molecular weight is 325 g/mol. The lowest BCUT2D eigenvalue weighted by atomic mass is 10.1. The lowest BCUT2D eigenvalue weighted by molar-refractivity contribution is 0.0649. The SMILES string of the molecule is C[C@H]1CNCCN1C(=O)c1cc(-c2ccc(F)cc2)n[nH]1.Cl. The van der Waals surface area contributed by atoms with E-state index in [0.717, 1.165) is 18.7 Å². The van der Waals surface area contributed by atoms with E-state index in [9.17, 15) is 9.18 Å². The smallest absolute Gasteiger partial charge is 0.272 e. The van der Waals surface area contributed by atoms with E-state index in [1.807, 2.05) is 11.8 Å². The third-order valence-electron chi connectivity index (χ3n) is 3.71. The van der Waals surface area contributed by atoms with Gasteiger partial charge in [-0.15, -0.1) is 12.4 Å². The zero-order chi connectivity index (χ0) is 14.8. The van der Waals surface area contributed by atoms with Crippen molar-refractivity contribution in [2.24, 2.45) is 0 Å². The van der Waals surface area contributed by atoms with Gasteiger partial charge in [-0.3, -0.25) is 9.89 Å². The fourth-order valence-electron chi connectivity index (χ4n) is 2.50. The van der Waals surface area contributed by atoms with Gasteiger partial charge in [-0.1, -0.05) is 0 Å². The Balaban J connectivity index is 0.00000176. The number of carbonyl (C=O) groups excluding carboxylic acids is 1. The second kappa shape index (κ2) is 6.89. The van der Waals surface area contributed by atoms with Crippen LogP contribution in [-0.4, -0.2) is 46.7 Å². The fourth-order valence-corrected chi connectivity index (χ4v) is 2.50. The summed E-state index contributed by atoms with van der Waals surface area (Å²) in [4.78, 5) is 14.3. The molecule has 0 spiro atoms. The Labute approximate surface area is 134 Å². The van der Waals surface area contributed by atoms with Crippen LogP contribution in [0.15, 0.2) is 30.3 Å². The molecule has 1 amide bonds. The Hall–Kier alpha value is -1.92. The normalized spacial score (nSPS) is 17.9. The molecular formula is C15H18ClFN4O. The second-order valence-corrected chi connectivity index (χ2v) is 5.23. The molecule has 1 aromatic carbocycles. The van der Waals surface area contributed by atoms with Gasteiger partial charge in [-0.2, -0.15) is 5.10 Å². The zero-order valence-corrected chi connectivity index (χ0v) is 13.0. The van der Waals surface area contributed by atoms with Crippen LogP contribution in [0.4, 0.5) is 4.39 Å². The van der Waals surface area contributed by atoms with Gasteiger partial charge >= 0.3 is 0 Å². The van der Waals surface area contributed by atoms with Crippen molar-refractivity contribution in [3.8, 4) is 11.3 Å². The largest absolute Gasteiger partial charge is 0.332 e. The molecule has 0 radical (unpaired) electrons. The average Bonchev–Trinajstić information content (AvgIpc) is 2.98. The number of nitrogens with one attached hydrogen (secondary N) is 2. The summed E-state index contributed by atoms with van der Waals surface area (Å²) in [6.07, 6.45) is 0. The highest BCUT2D eigenvalue weighted by Gasteiger charge is 2.25. The van der Waals surface area contributed by atoms with Crippen molar-refractivity contribution in [1.82, 2.24) is 20.4 Å². The molecule has 2 heterocycles. The number of aromatic nitrogens is 2. The summed E-state index contributed by atoms with van der Waals surface area (Å²) in [7, 11) is 0. The molecule has 0 unspecified atom stereocenters. The van der Waals surface area contributed by atoms with Gasteiger partial charge in [0.05, 0.1) is 5.69 Å². The third kappa shape index (κ3) is 3.28. The molecule has 0 saturated carbocycles. The first-order chi connectivity index (χ1) is 10.1. The lowest BCUT2D eigenvalue weighted by Crippen LogP contribution is -2.52. The Morgan fingerprint density at radius 3 is 2.77 bits per heavy atom. The molecule has 118 valence electrons. The Bertz CT molecular complexity index is 643. The van der Waals surface area contributed by atoms with Crippen molar-refractivity contribution in [1.29, 1.82) is 0 Å². The van der Waals surface area contributed by atoms with Gasteiger partial charge in [-0.05, 0) is 37.3 Å². The van der Waals surface area contributed by atoms with E-state index >= 15 is 0 Å². The number of benzene rings is 1. The van der Waals surface area contributed by atoms with Crippen molar-refractivity contribution >= 4 is 18.3 Å². The summed E-state index contributed by atoms with van der Waals surface area (Å²) >= 11 is 0. The highest BCUT2D eigenvalue weighted by atomic mass is 35.5. The molecule has 0 aliphatic carbocycles. The van der Waals surface area contributed by atoms with Crippen LogP contribution in [0.1, 0.15) is 17.4 Å². The van der Waals surface area contributed by atoms with Gasteiger partial charge < -0.3 is 10.2 Å². The first-order valence-electron chi connectivity index (χ1n) is 6.98. The molecule has 2 N–H and O–H groups in total. The number of rotatable bonds is 2. The first-order valence-corrected chi connectivity index (χ1v) is 6.98. The van der Waals surface area contributed by atoms with Crippen LogP contribution in [0.2, 0.25) is 0 Å². The summed E-state index contributed by atoms with van der Waals surface area (Å²) in [5.41, 5.74) is 1.88. The van der Waals surface area contributed by atoms with E-state index in [1.54, 1.807) is 18.2 Å². The van der Waals surface area contributed by atoms with Crippen LogP contribution >= 0.6 is 12.4 Å². The number of hydrogen-bond donors (Lipinski definition) is 2. The lowest BCUT2D eigenvalue weighted by Gasteiger charge is -2.33. The van der Waals surface area contributed by atoms with E-state index in [0.29, 0.717) is 17.9 Å². The predicted molar refractivity (Wildman–Crippen MR) is 84.6 cm³/mol. The van der Waals surface area contributed by atoms with Crippen LogP contribution < -0.4 is 5.32 Å². The number of nitrogens with zero attached hydrogens (tertiary/aromatic N) is 2. The summed E-state index contributed by atoms with van der Waals surface area (Å²) in [6, 6.07) is 7.92. The van der Waals surface area contributed by atoms with Crippen LogP contribution in [0.5, 0.6) is 0 Å². The fraction of sp³-hybridized carbons (Fsp3) is 0.333. The van der Waals surface area contributed by atoms with Crippen LogP contribution in [0.25, 0.3) is 11.3 Å². The quantitative estimate of drug-likeness (QED) is 0.889. The summed E-state index contributed by atoms with van der Waals surface area (Å²) < 4.78 is 12.9. The Morgan fingerprint density at radius 1 is 1.36 bits per heavy atom. The van der Waals surface area contributed by atoms with Crippen LogP contribution in [0.3, 0.4) is 0 Å². The van der Waals surface area contributed by atoms with Crippen molar-refractivity contribution in [3.05, 3.63) is 41.8 Å². The molecule has 5 nitrogen and oxygen atoms in total. The van der Waals surface area contributed by atoms with E-state index in [2.05, 4.69) is 15.5 Å². The van der Waals surface area contributed by atoms with Crippen LogP contribution in [-0.2, 0) is 0 Å². The molecule has 3 rings (SSSR count). The van der Waals surface area contributed by atoms with Crippen molar-refractivity contribution in [2.75, 3.05) is 19.6 Å². The molecule has 1 fully saturated rings. The number of carbonyl (C=O) groups is 1. The minimum Gasteiger partial charge on any atom is -0.332 e. The number of amides is 1. The summed E-state index contributed by atoms with van der Waals surface area (Å²) in [5.74, 6) is -0.343. The number of H-pyrrole nitrogens is 1. The second-order valence-electron chi connectivity index (χ2n) is 5.23. The molecule has 2 aromatic rings.